The van der Waals surface area contributed by atoms with Crippen molar-refractivity contribution in [2.45, 2.75) is 13.8 Å². The van der Waals surface area contributed by atoms with Crippen LogP contribution in [0.15, 0.2) is 18.2 Å². The molecule has 0 aliphatic heterocycles. The van der Waals surface area contributed by atoms with Crippen LogP contribution in [-0.4, -0.2) is 6.54 Å². The Hall–Kier alpha value is -1.56. The molecule has 14 heavy (non-hydrogen) atoms. The molecule has 1 N–H and O–H groups in total. The van der Waals surface area contributed by atoms with Gasteiger partial charge in [-0.05, 0) is 24.1 Å². The molecular weight excluding hydrogens is 179 g/mol. The van der Waals surface area contributed by atoms with Gasteiger partial charge in [0.1, 0.15) is 11.9 Å². The fourth-order valence-electron chi connectivity index (χ4n) is 1.08. The van der Waals surface area contributed by atoms with Crippen molar-refractivity contribution >= 4 is 5.69 Å². The number of rotatable bonds is 3. The van der Waals surface area contributed by atoms with Gasteiger partial charge in [0.15, 0.2) is 0 Å². The lowest BCUT2D eigenvalue weighted by Crippen LogP contribution is -2.09. The zero-order valence-corrected chi connectivity index (χ0v) is 8.34. The third kappa shape index (κ3) is 2.74. The number of benzene rings is 1. The minimum Gasteiger partial charge on any atom is -0.384 e. The number of anilines is 1. The average Bonchev–Trinajstić information content (AvgIpc) is 2.15. The third-order valence-electron chi connectivity index (χ3n) is 1.80. The number of hydrogen-bond acceptors (Lipinski definition) is 2. The van der Waals surface area contributed by atoms with Crippen LogP contribution in [0.3, 0.4) is 0 Å². The molecule has 1 rings (SSSR count). The number of nitriles is 1. The molecule has 0 aromatic heterocycles. The summed E-state index contributed by atoms with van der Waals surface area (Å²) in [6.45, 7) is 4.92. The molecule has 0 saturated heterocycles. The van der Waals surface area contributed by atoms with E-state index < -0.39 is 0 Å². The Morgan fingerprint density at radius 3 is 2.79 bits per heavy atom. The average molecular weight is 192 g/mol. The minimum absolute atomic E-state index is 0.352. The van der Waals surface area contributed by atoms with Crippen LogP contribution in [0.25, 0.3) is 0 Å². The van der Waals surface area contributed by atoms with Crippen molar-refractivity contribution in [2.75, 3.05) is 11.9 Å². The zero-order valence-electron chi connectivity index (χ0n) is 8.34. The highest BCUT2D eigenvalue weighted by Gasteiger charge is 2.03. The molecule has 0 saturated carbocycles. The van der Waals surface area contributed by atoms with Crippen molar-refractivity contribution in [3.05, 3.63) is 29.6 Å². The van der Waals surface area contributed by atoms with Gasteiger partial charge in [-0.25, -0.2) is 4.39 Å². The number of nitrogens with zero attached hydrogens (tertiary/aromatic N) is 1. The topological polar surface area (TPSA) is 35.8 Å². The maximum atomic E-state index is 12.8. The second kappa shape index (κ2) is 4.61. The van der Waals surface area contributed by atoms with Crippen LogP contribution in [-0.2, 0) is 0 Å². The molecule has 0 amide bonds. The molecule has 0 unspecified atom stereocenters. The van der Waals surface area contributed by atoms with Gasteiger partial charge >= 0.3 is 0 Å². The van der Waals surface area contributed by atoms with E-state index in [9.17, 15) is 4.39 Å². The van der Waals surface area contributed by atoms with E-state index in [4.69, 9.17) is 5.26 Å². The van der Waals surface area contributed by atoms with Gasteiger partial charge in [-0.1, -0.05) is 13.8 Å². The highest BCUT2D eigenvalue weighted by Crippen LogP contribution is 2.16. The van der Waals surface area contributed by atoms with Gasteiger partial charge in [0.05, 0.1) is 11.3 Å². The predicted octanol–water partition coefficient (Wildman–Crippen LogP) is 2.77. The molecular formula is C11H13FN2. The monoisotopic (exact) mass is 192 g/mol. The first-order valence-corrected chi connectivity index (χ1v) is 4.57. The van der Waals surface area contributed by atoms with E-state index in [1.807, 2.05) is 6.07 Å². The van der Waals surface area contributed by atoms with E-state index in [1.54, 1.807) is 6.07 Å². The number of nitrogens with one attached hydrogen (secondary N) is 1. The SMILES string of the molecule is CC(C)CNc1ccc(F)cc1C#N. The van der Waals surface area contributed by atoms with Crippen LogP contribution in [0.2, 0.25) is 0 Å². The summed E-state index contributed by atoms with van der Waals surface area (Å²) in [4.78, 5) is 0. The maximum absolute atomic E-state index is 12.8. The number of halogens is 1. The largest absolute Gasteiger partial charge is 0.384 e. The predicted molar refractivity (Wildman–Crippen MR) is 54.4 cm³/mol. The summed E-state index contributed by atoms with van der Waals surface area (Å²) in [5, 5.41) is 11.9. The van der Waals surface area contributed by atoms with E-state index in [0.29, 0.717) is 17.2 Å². The molecule has 0 aliphatic rings. The van der Waals surface area contributed by atoms with Crippen molar-refractivity contribution < 1.29 is 4.39 Å². The molecule has 1 aromatic rings. The molecule has 0 bridgehead atoms. The second-order valence-corrected chi connectivity index (χ2v) is 3.58. The first-order chi connectivity index (χ1) is 6.63. The number of hydrogen-bond donors (Lipinski definition) is 1. The van der Waals surface area contributed by atoms with E-state index in [0.717, 1.165) is 6.54 Å². The van der Waals surface area contributed by atoms with Crippen LogP contribution < -0.4 is 5.32 Å². The molecule has 0 aliphatic carbocycles. The van der Waals surface area contributed by atoms with Gasteiger partial charge < -0.3 is 5.32 Å². The summed E-state index contributed by atoms with van der Waals surface area (Å²) < 4.78 is 12.8. The molecule has 0 atom stereocenters. The molecule has 1 aromatic carbocycles. The Morgan fingerprint density at radius 2 is 2.21 bits per heavy atom. The van der Waals surface area contributed by atoms with Crippen LogP contribution in [0.5, 0.6) is 0 Å². The van der Waals surface area contributed by atoms with Crippen LogP contribution in [0, 0.1) is 23.1 Å². The van der Waals surface area contributed by atoms with Crippen molar-refractivity contribution in [1.82, 2.24) is 0 Å². The molecule has 0 heterocycles. The van der Waals surface area contributed by atoms with Gasteiger partial charge in [0, 0.05) is 6.54 Å². The highest BCUT2D eigenvalue weighted by atomic mass is 19.1. The normalized spacial score (nSPS) is 9.93. The van der Waals surface area contributed by atoms with Crippen LogP contribution in [0.4, 0.5) is 10.1 Å². The van der Waals surface area contributed by atoms with Gasteiger partial charge in [-0.2, -0.15) is 5.26 Å². The molecule has 0 fully saturated rings. The third-order valence-corrected chi connectivity index (χ3v) is 1.80. The fraction of sp³-hybridized carbons (Fsp3) is 0.364. The Bertz CT molecular complexity index is 353. The Kier molecular flexibility index (Phi) is 3.47. The van der Waals surface area contributed by atoms with E-state index in [-0.39, 0.29) is 5.82 Å². The fourth-order valence-corrected chi connectivity index (χ4v) is 1.08. The summed E-state index contributed by atoms with van der Waals surface area (Å²) in [7, 11) is 0. The van der Waals surface area contributed by atoms with Gasteiger partial charge in [-0.3, -0.25) is 0 Å². The van der Waals surface area contributed by atoms with Crippen molar-refractivity contribution in [3.63, 3.8) is 0 Å². The van der Waals surface area contributed by atoms with Crippen molar-refractivity contribution in [3.8, 4) is 6.07 Å². The second-order valence-electron chi connectivity index (χ2n) is 3.58. The summed E-state index contributed by atoms with van der Waals surface area (Å²) in [6.07, 6.45) is 0. The standard InChI is InChI=1S/C11H13FN2/c1-8(2)7-14-11-4-3-10(12)5-9(11)6-13/h3-5,8,14H,7H2,1-2H3. The summed E-state index contributed by atoms with van der Waals surface area (Å²) in [5.41, 5.74) is 1.05. The smallest absolute Gasteiger partial charge is 0.124 e. The Labute approximate surface area is 83.4 Å². The van der Waals surface area contributed by atoms with Gasteiger partial charge in [0.2, 0.25) is 0 Å². The molecule has 2 nitrogen and oxygen atoms in total. The molecule has 3 heteroatoms. The van der Waals surface area contributed by atoms with Crippen molar-refractivity contribution in [1.29, 1.82) is 5.26 Å². The highest BCUT2D eigenvalue weighted by molar-refractivity contribution is 5.57. The Balaban J connectivity index is 2.82. The lowest BCUT2D eigenvalue weighted by atomic mass is 10.1. The van der Waals surface area contributed by atoms with E-state index >= 15 is 0 Å². The Morgan fingerprint density at radius 1 is 1.50 bits per heavy atom. The summed E-state index contributed by atoms with van der Waals surface area (Å²) >= 11 is 0. The maximum Gasteiger partial charge on any atom is 0.124 e. The van der Waals surface area contributed by atoms with Crippen LogP contribution >= 0.6 is 0 Å². The van der Waals surface area contributed by atoms with Crippen molar-refractivity contribution in [2.24, 2.45) is 5.92 Å². The quantitative estimate of drug-likeness (QED) is 0.799. The molecule has 74 valence electrons. The van der Waals surface area contributed by atoms with Crippen LogP contribution in [0.1, 0.15) is 19.4 Å². The van der Waals surface area contributed by atoms with E-state index in [1.165, 1.54) is 12.1 Å². The van der Waals surface area contributed by atoms with Gasteiger partial charge in [0.25, 0.3) is 0 Å². The summed E-state index contributed by atoms with van der Waals surface area (Å²) in [5.74, 6) is 0.114. The summed E-state index contributed by atoms with van der Waals surface area (Å²) in [6, 6.07) is 6.14. The molecule has 0 radical (unpaired) electrons. The first kappa shape index (κ1) is 10.5. The zero-order chi connectivity index (χ0) is 10.6. The lowest BCUT2D eigenvalue weighted by molar-refractivity contribution is 0.627. The molecule has 0 spiro atoms. The van der Waals surface area contributed by atoms with E-state index in [2.05, 4.69) is 19.2 Å². The van der Waals surface area contributed by atoms with Gasteiger partial charge in [-0.15, -0.1) is 0 Å². The minimum atomic E-state index is -0.378. The first-order valence-electron chi connectivity index (χ1n) is 4.57. The lowest BCUT2D eigenvalue weighted by Gasteiger charge is -2.09.